The van der Waals surface area contributed by atoms with Gasteiger partial charge < -0.3 is 14.2 Å². The Kier molecular flexibility index (Phi) is 7.82. The standard InChI is InChI=1S/C26H26O5/c1-3-4-16-30-26(28)22(17-19-12-14-21(15-13-19)25(27)29-2)18-31-24-11-7-9-20-8-5-6-10-23(20)24/h5-15,17H,3-4,16,18H2,1-2H3. The average Bonchev–Trinajstić information content (AvgIpc) is 2.81. The van der Waals surface area contributed by atoms with Gasteiger partial charge in [0.05, 0.1) is 24.9 Å². The normalized spacial score (nSPS) is 11.2. The number of esters is 2. The summed E-state index contributed by atoms with van der Waals surface area (Å²) in [6.07, 6.45) is 3.46. The number of rotatable bonds is 9. The second-order valence-corrected chi connectivity index (χ2v) is 7.04. The molecule has 31 heavy (non-hydrogen) atoms. The van der Waals surface area contributed by atoms with Crippen molar-refractivity contribution in [2.45, 2.75) is 19.8 Å². The van der Waals surface area contributed by atoms with E-state index in [0.717, 1.165) is 29.2 Å². The fourth-order valence-corrected chi connectivity index (χ4v) is 3.07. The third-order valence-corrected chi connectivity index (χ3v) is 4.80. The lowest BCUT2D eigenvalue weighted by molar-refractivity contribution is -0.139. The highest BCUT2D eigenvalue weighted by atomic mass is 16.5. The van der Waals surface area contributed by atoms with Gasteiger partial charge in [0.2, 0.25) is 0 Å². The zero-order chi connectivity index (χ0) is 22.1. The number of fused-ring (bicyclic) bond motifs is 1. The van der Waals surface area contributed by atoms with E-state index in [1.165, 1.54) is 7.11 Å². The number of carbonyl (C=O) groups excluding carboxylic acids is 2. The van der Waals surface area contributed by atoms with Crippen LogP contribution in [0.25, 0.3) is 16.8 Å². The van der Waals surface area contributed by atoms with E-state index in [1.54, 1.807) is 30.3 Å². The first-order chi connectivity index (χ1) is 15.1. The molecule has 0 atom stereocenters. The Morgan fingerprint density at radius 1 is 0.935 bits per heavy atom. The van der Waals surface area contributed by atoms with Gasteiger partial charge in [-0.2, -0.15) is 0 Å². The molecule has 0 N–H and O–H groups in total. The first kappa shape index (κ1) is 22.1. The highest BCUT2D eigenvalue weighted by Crippen LogP contribution is 2.26. The molecular formula is C26H26O5. The zero-order valence-electron chi connectivity index (χ0n) is 17.8. The van der Waals surface area contributed by atoms with E-state index in [9.17, 15) is 9.59 Å². The summed E-state index contributed by atoms with van der Waals surface area (Å²) in [4.78, 5) is 24.3. The van der Waals surface area contributed by atoms with Crippen molar-refractivity contribution in [3.8, 4) is 5.75 Å². The van der Waals surface area contributed by atoms with Crippen LogP contribution in [-0.4, -0.2) is 32.3 Å². The molecule has 5 heteroatoms. The van der Waals surface area contributed by atoms with E-state index < -0.39 is 11.9 Å². The summed E-state index contributed by atoms with van der Waals surface area (Å²) < 4.78 is 16.2. The van der Waals surface area contributed by atoms with E-state index >= 15 is 0 Å². The Balaban J connectivity index is 1.82. The number of ether oxygens (including phenoxy) is 3. The first-order valence-corrected chi connectivity index (χ1v) is 10.3. The lowest BCUT2D eigenvalue weighted by atomic mass is 10.1. The zero-order valence-corrected chi connectivity index (χ0v) is 17.8. The Bertz CT molecular complexity index is 1060. The minimum Gasteiger partial charge on any atom is -0.488 e. The van der Waals surface area contributed by atoms with Crippen LogP contribution in [0, 0.1) is 0 Å². The molecule has 5 nitrogen and oxygen atoms in total. The van der Waals surface area contributed by atoms with E-state index in [4.69, 9.17) is 14.2 Å². The molecule has 3 aromatic rings. The summed E-state index contributed by atoms with van der Waals surface area (Å²) in [7, 11) is 1.34. The Morgan fingerprint density at radius 3 is 2.42 bits per heavy atom. The summed E-state index contributed by atoms with van der Waals surface area (Å²) >= 11 is 0. The third-order valence-electron chi connectivity index (χ3n) is 4.80. The highest BCUT2D eigenvalue weighted by Gasteiger charge is 2.14. The smallest absolute Gasteiger partial charge is 0.337 e. The van der Waals surface area contributed by atoms with E-state index in [2.05, 4.69) is 0 Å². The molecule has 0 saturated carbocycles. The maximum absolute atomic E-state index is 12.7. The third kappa shape index (κ3) is 5.95. The molecule has 0 aromatic heterocycles. The van der Waals surface area contributed by atoms with Gasteiger partial charge in [0.15, 0.2) is 0 Å². The van der Waals surface area contributed by atoms with Crippen molar-refractivity contribution in [2.75, 3.05) is 20.3 Å². The topological polar surface area (TPSA) is 61.8 Å². The van der Waals surface area contributed by atoms with Gasteiger partial charge in [-0.3, -0.25) is 0 Å². The molecule has 0 radical (unpaired) electrons. The van der Waals surface area contributed by atoms with Gasteiger partial charge in [-0.05, 0) is 41.6 Å². The number of carbonyl (C=O) groups is 2. The Labute approximate surface area is 182 Å². The molecule has 0 heterocycles. The number of hydrogen-bond donors (Lipinski definition) is 0. The van der Waals surface area contributed by atoms with E-state index in [-0.39, 0.29) is 6.61 Å². The monoisotopic (exact) mass is 418 g/mol. The molecule has 0 bridgehead atoms. The van der Waals surface area contributed by atoms with Crippen LogP contribution < -0.4 is 4.74 Å². The highest BCUT2D eigenvalue weighted by molar-refractivity contribution is 5.95. The quantitative estimate of drug-likeness (QED) is 0.263. The number of methoxy groups -OCH3 is 1. The van der Waals surface area contributed by atoms with Crippen molar-refractivity contribution in [3.63, 3.8) is 0 Å². The summed E-state index contributed by atoms with van der Waals surface area (Å²) in [6.45, 7) is 2.47. The van der Waals surface area contributed by atoms with Crippen molar-refractivity contribution >= 4 is 28.8 Å². The first-order valence-electron chi connectivity index (χ1n) is 10.3. The van der Waals surface area contributed by atoms with Crippen LogP contribution in [0.1, 0.15) is 35.7 Å². The van der Waals surface area contributed by atoms with Gasteiger partial charge >= 0.3 is 11.9 Å². The predicted molar refractivity (Wildman–Crippen MR) is 121 cm³/mol. The molecular weight excluding hydrogens is 392 g/mol. The van der Waals surface area contributed by atoms with Crippen LogP contribution >= 0.6 is 0 Å². The van der Waals surface area contributed by atoms with Gasteiger partial charge in [-0.1, -0.05) is 61.9 Å². The summed E-state index contributed by atoms with van der Waals surface area (Å²) in [5, 5.41) is 2.04. The van der Waals surface area contributed by atoms with E-state index in [0.29, 0.717) is 23.5 Å². The summed E-state index contributed by atoms with van der Waals surface area (Å²) in [6, 6.07) is 20.6. The van der Waals surface area contributed by atoms with Crippen LogP contribution in [0.15, 0.2) is 72.3 Å². The SMILES string of the molecule is CCCCOC(=O)C(=Cc1ccc(C(=O)OC)cc1)COc1cccc2ccccc12. The van der Waals surface area contributed by atoms with Crippen molar-refractivity contribution < 1.29 is 23.8 Å². The molecule has 0 spiro atoms. The van der Waals surface area contributed by atoms with Crippen LogP contribution in [0.2, 0.25) is 0 Å². The lowest BCUT2D eigenvalue weighted by Gasteiger charge is -2.12. The molecule has 0 unspecified atom stereocenters. The van der Waals surface area contributed by atoms with Crippen molar-refractivity contribution in [1.29, 1.82) is 0 Å². The molecule has 0 amide bonds. The molecule has 0 aliphatic carbocycles. The molecule has 3 aromatic carbocycles. The van der Waals surface area contributed by atoms with Crippen molar-refractivity contribution in [1.82, 2.24) is 0 Å². The lowest BCUT2D eigenvalue weighted by Crippen LogP contribution is -2.15. The molecule has 0 saturated heterocycles. The second-order valence-electron chi connectivity index (χ2n) is 7.04. The summed E-state index contributed by atoms with van der Waals surface area (Å²) in [5.41, 5.74) is 1.60. The number of hydrogen-bond acceptors (Lipinski definition) is 5. The van der Waals surface area contributed by atoms with Crippen LogP contribution in [0.5, 0.6) is 5.75 Å². The van der Waals surface area contributed by atoms with Crippen molar-refractivity contribution in [3.05, 3.63) is 83.4 Å². The van der Waals surface area contributed by atoms with Crippen LogP contribution in [-0.2, 0) is 14.3 Å². The minimum absolute atomic E-state index is 0.0672. The van der Waals surface area contributed by atoms with Gasteiger partial charge in [0, 0.05) is 5.39 Å². The molecule has 160 valence electrons. The number of benzene rings is 3. The van der Waals surface area contributed by atoms with Crippen LogP contribution in [0.3, 0.4) is 0 Å². The maximum Gasteiger partial charge on any atom is 0.337 e. The average molecular weight is 418 g/mol. The van der Waals surface area contributed by atoms with Gasteiger partial charge in [-0.25, -0.2) is 9.59 Å². The fourth-order valence-electron chi connectivity index (χ4n) is 3.07. The van der Waals surface area contributed by atoms with Gasteiger partial charge in [0.25, 0.3) is 0 Å². The van der Waals surface area contributed by atoms with Crippen LogP contribution in [0.4, 0.5) is 0 Å². The van der Waals surface area contributed by atoms with Gasteiger partial charge in [0.1, 0.15) is 12.4 Å². The molecule has 0 aliphatic rings. The molecule has 3 rings (SSSR count). The number of unbranched alkanes of at least 4 members (excludes halogenated alkanes) is 1. The largest absolute Gasteiger partial charge is 0.488 e. The van der Waals surface area contributed by atoms with Crippen molar-refractivity contribution in [2.24, 2.45) is 0 Å². The van der Waals surface area contributed by atoms with E-state index in [1.807, 2.05) is 49.4 Å². The Hall–Kier alpha value is -3.60. The van der Waals surface area contributed by atoms with Gasteiger partial charge in [-0.15, -0.1) is 0 Å². The Morgan fingerprint density at radius 2 is 1.68 bits per heavy atom. The minimum atomic E-state index is -0.411. The molecule has 0 fully saturated rings. The predicted octanol–water partition coefficient (Wildman–Crippen LogP) is 5.43. The molecule has 0 aliphatic heterocycles. The maximum atomic E-state index is 12.7. The second kappa shape index (κ2) is 11.0. The fraction of sp³-hybridized carbons (Fsp3) is 0.231. The summed E-state index contributed by atoms with van der Waals surface area (Å²) in [5.74, 6) is -0.119.